The van der Waals surface area contributed by atoms with Crippen molar-refractivity contribution in [1.29, 1.82) is 0 Å². The Balaban J connectivity index is -0.0000000208. The van der Waals surface area contributed by atoms with Crippen molar-refractivity contribution in [3.8, 4) is 0 Å². The van der Waals surface area contributed by atoms with Gasteiger partial charge in [0.2, 0.25) is 0 Å². The summed E-state index contributed by atoms with van der Waals surface area (Å²) in [5.41, 5.74) is 0. The number of nitrogens with zero attached hydrogens (tertiary/aromatic N) is 1. The molecule has 0 aliphatic carbocycles. The Morgan fingerprint density at radius 1 is 1.62 bits per heavy atom. The number of carbonyl (C=O) groups is 1. The molecule has 0 fully saturated rings. The summed E-state index contributed by atoms with van der Waals surface area (Å²) < 4.78 is 0.472. The quantitative estimate of drug-likeness (QED) is 0.413. The predicted octanol–water partition coefficient (Wildman–Crippen LogP) is 0.498. The van der Waals surface area contributed by atoms with Crippen molar-refractivity contribution in [2.75, 3.05) is 0 Å². The zero-order chi connectivity index (χ0) is 5.15. The van der Waals surface area contributed by atoms with Gasteiger partial charge in [0.05, 0.1) is 0 Å². The Morgan fingerprint density at radius 3 is 1.75 bits per heavy atom. The Kier molecular flexibility index (Phi) is 17.9. The van der Waals surface area contributed by atoms with Gasteiger partial charge in [-0.15, -0.1) is 0 Å². The van der Waals surface area contributed by atoms with E-state index < -0.39 is 6.09 Å². The molecule has 8 heavy (non-hydrogen) atoms. The first-order valence-corrected chi connectivity index (χ1v) is 1.85. The molecule has 0 radical (unpaired) electrons. The van der Waals surface area contributed by atoms with E-state index in [0.29, 0.717) is 3.71 Å². The Morgan fingerprint density at radius 2 is 1.75 bits per heavy atom. The molecule has 0 heterocycles. The first-order chi connectivity index (χ1) is 2.64. The number of rotatable bonds is 0. The maximum atomic E-state index is 9.47. The smallest absolute Gasteiger partial charge is 1.00 e. The van der Waals surface area contributed by atoms with Crippen molar-refractivity contribution in [2.45, 2.75) is 0 Å². The summed E-state index contributed by atoms with van der Waals surface area (Å²) in [5, 5.41) is 7.76. The van der Waals surface area contributed by atoms with Crippen LogP contribution in [0.4, 0.5) is 4.79 Å². The molecule has 0 aliphatic heterocycles. The maximum Gasteiger partial charge on any atom is 2.00 e. The van der Waals surface area contributed by atoms with Gasteiger partial charge in [-0.1, -0.05) is 0 Å². The van der Waals surface area contributed by atoms with E-state index in [1.165, 1.54) is 0 Å². The molecule has 0 aromatic rings. The Labute approximate surface area is 102 Å². The van der Waals surface area contributed by atoms with Crippen LogP contribution in [0.1, 0.15) is 2.85 Å². The number of hydrogen-bond acceptors (Lipinski definition) is 3. The number of amides is 1. The zero-order valence-electron chi connectivity index (χ0n) is 5.76. The molecule has 0 bridgehead atoms. The van der Waals surface area contributed by atoms with Crippen LogP contribution in [0, 0.1) is 0 Å². The summed E-state index contributed by atoms with van der Waals surface area (Å²) in [6.07, 6.45) is -1.18. The van der Waals surface area contributed by atoms with Crippen molar-refractivity contribution in [2.24, 2.45) is 0 Å². The van der Waals surface area contributed by atoms with Gasteiger partial charge in [0.25, 0.3) is 0 Å². The van der Waals surface area contributed by atoms with Crippen LogP contribution in [0.15, 0.2) is 0 Å². The van der Waals surface area contributed by atoms with E-state index in [1.807, 2.05) is 0 Å². The monoisotopic (exact) mass is 223 g/mol. The molecule has 0 aliphatic rings. The summed E-state index contributed by atoms with van der Waals surface area (Å²) in [4.78, 5) is 9.47. The number of carboxylic acid groups (broad SMARTS) is 1. The molecule has 0 saturated heterocycles. The second-order valence-corrected chi connectivity index (χ2v) is 1.69. The molecule has 1 N–H and O–H groups in total. The van der Waals surface area contributed by atoms with Gasteiger partial charge >= 0.3 is 43.8 Å². The topological polar surface area (TPSA) is 40.5 Å². The van der Waals surface area contributed by atoms with Crippen LogP contribution < -0.4 is 0 Å². The summed E-state index contributed by atoms with van der Waals surface area (Å²) in [6, 6.07) is 0. The van der Waals surface area contributed by atoms with E-state index in [0.717, 1.165) is 0 Å². The first-order valence-electron chi connectivity index (χ1n) is 1.05. The fourth-order valence-electron chi connectivity index (χ4n) is 0. The molecule has 0 aromatic carbocycles. The number of hydrogen-bond donors (Lipinski definition) is 3. The van der Waals surface area contributed by atoms with E-state index in [9.17, 15) is 4.79 Å². The van der Waals surface area contributed by atoms with E-state index in [-0.39, 0.29) is 57.7 Å². The van der Waals surface area contributed by atoms with Gasteiger partial charge in [-0.3, -0.25) is 0 Å². The fraction of sp³-hybridized carbons (Fsp3) is 0. The molecule has 1 amide bonds. The van der Waals surface area contributed by atoms with Crippen molar-refractivity contribution in [3.63, 3.8) is 0 Å². The molecule has 7 heteroatoms. The third-order valence-electron chi connectivity index (χ3n) is 0.171. The molecule has 0 saturated carbocycles. The third-order valence-corrected chi connectivity index (χ3v) is 0.513. The van der Waals surface area contributed by atoms with Gasteiger partial charge in [-0.25, -0.2) is 4.79 Å². The standard InChI is InChI=1S/CH3NO2S2.Ca.Fe.2H/c3-1(4)2(5)6;;;;/h5-6H,(H,3,4);;;;/q;+2;;2*-1. The van der Waals surface area contributed by atoms with Crippen LogP contribution >= 0.6 is 25.6 Å². The molecule has 0 rings (SSSR count). The third kappa shape index (κ3) is 10.7. The second kappa shape index (κ2) is 8.75. The van der Waals surface area contributed by atoms with E-state index in [1.54, 1.807) is 0 Å². The van der Waals surface area contributed by atoms with Crippen molar-refractivity contribution in [1.82, 2.24) is 3.71 Å². The largest absolute Gasteiger partial charge is 2.00 e. The summed E-state index contributed by atoms with van der Waals surface area (Å²) in [6.45, 7) is 0. The minimum atomic E-state index is -1.18. The average Bonchev–Trinajstić information content (AvgIpc) is 1.36. The van der Waals surface area contributed by atoms with Crippen LogP contribution in [0.5, 0.6) is 0 Å². The van der Waals surface area contributed by atoms with Crippen molar-refractivity contribution >= 4 is 69.5 Å². The van der Waals surface area contributed by atoms with E-state index in [2.05, 4.69) is 25.6 Å². The molecular weight excluding hydrogens is 218 g/mol. The fourth-order valence-corrected chi connectivity index (χ4v) is 0. The molecule has 0 atom stereocenters. The van der Waals surface area contributed by atoms with Crippen LogP contribution in [0.2, 0.25) is 0 Å². The van der Waals surface area contributed by atoms with Gasteiger partial charge < -0.3 is 7.96 Å². The summed E-state index contributed by atoms with van der Waals surface area (Å²) in [5.74, 6) is 0. The van der Waals surface area contributed by atoms with Crippen LogP contribution in [0.3, 0.4) is 0 Å². The van der Waals surface area contributed by atoms with Gasteiger partial charge in [-0.05, 0) is 25.6 Å². The molecule has 0 aromatic heterocycles. The molecule has 0 spiro atoms. The minimum Gasteiger partial charge on any atom is -1.00 e. The molecule has 48 valence electrons. The SMILES string of the molecule is O=C(O)N(S)S.[Ca+2].[Fe].[H-].[H-]. The van der Waals surface area contributed by atoms with E-state index in [4.69, 9.17) is 5.11 Å². The Hall–Kier alpha value is 1.75. The second-order valence-electron chi connectivity index (χ2n) is 0.572. The molecule has 0 unspecified atom stereocenters. The van der Waals surface area contributed by atoms with Gasteiger partial charge in [-0.2, -0.15) is 3.71 Å². The maximum absolute atomic E-state index is 9.47. The van der Waals surface area contributed by atoms with E-state index >= 15 is 0 Å². The summed E-state index contributed by atoms with van der Waals surface area (Å²) >= 11 is 6.58. The molecule has 3 nitrogen and oxygen atoms in total. The average molecular weight is 223 g/mol. The van der Waals surface area contributed by atoms with Crippen LogP contribution in [0.25, 0.3) is 0 Å². The van der Waals surface area contributed by atoms with Crippen molar-refractivity contribution < 1.29 is 29.8 Å². The normalized spacial score (nSPS) is 5.75. The van der Waals surface area contributed by atoms with Crippen LogP contribution in [-0.4, -0.2) is 52.6 Å². The first kappa shape index (κ1) is 16.4. The predicted molar refractivity (Wildman–Crippen MR) is 35.8 cm³/mol. The zero-order valence-corrected chi connectivity index (χ0v) is 8.86. The Bertz CT molecular complexity index is 78.3. The molecular formula is CH5CaFeNO2S2. The summed E-state index contributed by atoms with van der Waals surface area (Å²) in [7, 11) is 0. The van der Waals surface area contributed by atoms with Crippen LogP contribution in [-0.2, 0) is 17.1 Å². The van der Waals surface area contributed by atoms with Crippen molar-refractivity contribution in [3.05, 3.63) is 0 Å². The van der Waals surface area contributed by atoms with Gasteiger partial charge in [0.15, 0.2) is 0 Å². The minimum absolute atomic E-state index is 0. The number of thiol groups is 2. The van der Waals surface area contributed by atoms with Gasteiger partial charge in [0.1, 0.15) is 0 Å². The van der Waals surface area contributed by atoms with Gasteiger partial charge in [0, 0.05) is 17.1 Å².